The lowest BCUT2D eigenvalue weighted by Gasteiger charge is -2.23. The van der Waals surface area contributed by atoms with Crippen molar-refractivity contribution in [3.63, 3.8) is 0 Å². The van der Waals surface area contributed by atoms with Crippen LogP contribution in [-0.2, 0) is 14.8 Å². The second-order valence-corrected chi connectivity index (χ2v) is 10.0. The first kappa shape index (κ1) is 21.7. The van der Waals surface area contributed by atoms with Gasteiger partial charge in [-0.2, -0.15) is 0 Å². The first-order valence-corrected chi connectivity index (χ1v) is 11.1. The Morgan fingerprint density at radius 3 is 2.19 bits per heavy atom. The van der Waals surface area contributed by atoms with Crippen LogP contribution in [-0.4, -0.2) is 25.5 Å². The van der Waals surface area contributed by atoms with Crippen molar-refractivity contribution in [2.24, 2.45) is 0 Å². The average molecular weight is 415 g/mol. The molecule has 0 radical (unpaired) electrons. The molecule has 1 aliphatic carbocycles. The maximum Gasteiger partial charge on any atom is 0.332 e. The van der Waals surface area contributed by atoms with Crippen LogP contribution in [0.3, 0.4) is 0 Å². The van der Waals surface area contributed by atoms with E-state index in [0.29, 0.717) is 30.0 Å². The molecule has 0 aromatic heterocycles. The summed E-state index contributed by atoms with van der Waals surface area (Å²) in [5.74, 6) is 0.0899. The van der Waals surface area contributed by atoms with Crippen molar-refractivity contribution in [3.8, 4) is 0 Å². The van der Waals surface area contributed by atoms with E-state index in [1.807, 2.05) is 27.7 Å². The fraction of sp³-hybridized carbons (Fsp3) is 0.579. The number of anilines is 1. The second-order valence-electron chi connectivity index (χ2n) is 7.63. The van der Waals surface area contributed by atoms with Gasteiger partial charge in [0.15, 0.2) is 0 Å². The van der Waals surface area contributed by atoms with E-state index in [0.717, 1.165) is 11.1 Å². The monoisotopic (exact) mass is 414 g/mol. The van der Waals surface area contributed by atoms with E-state index in [1.165, 1.54) is 0 Å². The lowest BCUT2D eigenvalue weighted by atomic mass is 9.92. The summed E-state index contributed by atoms with van der Waals surface area (Å²) in [6, 6.07) is 2.74. The second kappa shape index (κ2) is 8.61. The number of urea groups is 1. The number of ketones is 1. The van der Waals surface area contributed by atoms with Crippen molar-refractivity contribution in [1.82, 2.24) is 4.72 Å². The first-order valence-electron chi connectivity index (χ1n) is 9.19. The average Bonchev–Trinajstić information content (AvgIpc) is 2.55. The van der Waals surface area contributed by atoms with Gasteiger partial charge >= 0.3 is 6.03 Å². The first-order chi connectivity index (χ1) is 12.5. The quantitative estimate of drug-likeness (QED) is 0.739. The zero-order valence-electron chi connectivity index (χ0n) is 16.1. The van der Waals surface area contributed by atoms with Crippen LogP contribution in [0, 0.1) is 0 Å². The van der Waals surface area contributed by atoms with Crippen LogP contribution in [0.25, 0.3) is 0 Å². The Hall–Kier alpha value is -1.60. The molecule has 1 fully saturated rings. The third-order valence-electron chi connectivity index (χ3n) is 4.76. The highest BCUT2D eigenvalue weighted by molar-refractivity contribution is 7.90. The summed E-state index contributed by atoms with van der Waals surface area (Å²) in [4.78, 5) is 24.0. The molecular formula is C19H27ClN2O4S. The largest absolute Gasteiger partial charge is 0.332 e. The van der Waals surface area contributed by atoms with Crippen molar-refractivity contribution < 1.29 is 18.0 Å². The van der Waals surface area contributed by atoms with Crippen molar-refractivity contribution in [1.29, 1.82) is 0 Å². The van der Waals surface area contributed by atoms with Crippen LogP contribution in [0.1, 0.15) is 76.3 Å². The molecule has 0 heterocycles. The molecule has 150 valence electrons. The van der Waals surface area contributed by atoms with E-state index in [9.17, 15) is 18.0 Å². The van der Waals surface area contributed by atoms with Crippen molar-refractivity contribution >= 4 is 39.1 Å². The molecule has 27 heavy (non-hydrogen) atoms. The van der Waals surface area contributed by atoms with Gasteiger partial charge in [0, 0.05) is 23.6 Å². The number of hydrogen-bond acceptors (Lipinski definition) is 4. The van der Waals surface area contributed by atoms with Crippen LogP contribution in [0.15, 0.2) is 12.1 Å². The van der Waals surface area contributed by atoms with E-state index in [1.54, 1.807) is 12.1 Å². The summed E-state index contributed by atoms with van der Waals surface area (Å²) < 4.78 is 27.0. The molecule has 1 saturated carbocycles. The fourth-order valence-electron chi connectivity index (χ4n) is 3.31. The van der Waals surface area contributed by atoms with Crippen molar-refractivity contribution in [3.05, 3.63) is 28.3 Å². The van der Waals surface area contributed by atoms with E-state index in [2.05, 4.69) is 10.0 Å². The van der Waals surface area contributed by atoms with Gasteiger partial charge in [-0.1, -0.05) is 39.3 Å². The number of Topliss-reactive ketones (excluding diaryl/α,β-unsaturated/α-hetero) is 1. The number of carbonyl (C=O) groups excluding carboxylic acids is 2. The summed E-state index contributed by atoms with van der Waals surface area (Å²) in [6.07, 6.45) is 1.26. The summed E-state index contributed by atoms with van der Waals surface area (Å²) >= 11 is 6.21. The van der Waals surface area contributed by atoms with E-state index >= 15 is 0 Å². The lowest BCUT2D eigenvalue weighted by Crippen LogP contribution is -2.42. The Bertz CT molecular complexity index is 805. The smallest absolute Gasteiger partial charge is 0.307 e. The third kappa shape index (κ3) is 5.45. The van der Waals surface area contributed by atoms with Crippen LogP contribution >= 0.6 is 11.6 Å². The Balaban J connectivity index is 2.26. The molecule has 1 aromatic carbocycles. The predicted octanol–water partition coefficient (Wildman–Crippen LogP) is 4.55. The molecule has 1 unspecified atom stereocenters. The Morgan fingerprint density at radius 1 is 1.15 bits per heavy atom. The Morgan fingerprint density at radius 2 is 1.70 bits per heavy atom. The summed E-state index contributed by atoms with van der Waals surface area (Å²) in [5.41, 5.74) is 2.26. The molecular weight excluding hydrogens is 388 g/mol. The maximum absolute atomic E-state index is 12.5. The number of sulfonamides is 1. The highest BCUT2D eigenvalue weighted by atomic mass is 35.5. The molecule has 0 spiro atoms. The topological polar surface area (TPSA) is 92.3 Å². The molecule has 1 aliphatic rings. The maximum atomic E-state index is 12.5. The number of nitrogens with one attached hydrogen (secondary N) is 2. The van der Waals surface area contributed by atoms with Crippen LogP contribution in [0.2, 0.25) is 5.02 Å². The summed E-state index contributed by atoms with van der Waals surface area (Å²) in [5, 5.41) is 2.42. The molecule has 6 nitrogen and oxygen atoms in total. The number of halogens is 1. The minimum absolute atomic E-state index is 0.0436. The Kier molecular flexibility index (Phi) is 6.92. The number of carbonyl (C=O) groups is 2. The third-order valence-corrected chi connectivity index (χ3v) is 6.73. The van der Waals surface area contributed by atoms with Crippen molar-refractivity contribution in [2.45, 2.75) is 70.5 Å². The zero-order valence-corrected chi connectivity index (χ0v) is 17.7. The summed E-state index contributed by atoms with van der Waals surface area (Å²) in [7, 11) is -3.92. The van der Waals surface area contributed by atoms with Gasteiger partial charge in [-0.05, 0) is 47.9 Å². The molecule has 2 amide bonds. The summed E-state index contributed by atoms with van der Waals surface area (Å²) in [6.45, 7) is 7.90. The van der Waals surface area contributed by atoms with Gasteiger partial charge in [0.25, 0.3) is 0 Å². The lowest BCUT2D eigenvalue weighted by molar-refractivity contribution is -0.120. The van der Waals surface area contributed by atoms with Crippen LogP contribution in [0.4, 0.5) is 10.5 Å². The van der Waals surface area contributed by atoms with Gasteiger partial charge in [-0.15, -0.1) is 0 Å². The minimum atomic E-state index is -3.92. The number of rotatable bonds is 5. The highest BCUT2D eigenvalue weighted by Crippen LogP contribution is 2.35. The molecule has 1 atom stereocenters. The molecule has 2 rings (SSSR count). The van der Waals surface area contributed by atoms with Crippen LogP contribution < -0.4 is 10.0 Å². The predicted molar refractivity (Wildman–Crippen MR) is 108 cm³/mol. The van der Waals surface area contributed by atoms with Gasteiger partial charge in [0.05, 0.1) is 5.25 Å². The van der Waals surface area contributed by atoms with Gasteiger partial charge in [0.2, 0.25) is 10.0 Å². The Labute approximate surface area is 166 Å². The minimum Gasteiger partial charge on any atom is -0.307 e. The normalized spacial score (nSPS) is 18.0. The van der Waals surface area contributed by atoms with E-state index < -0.39 is 21.3 Å². The van der Waals surface area contributed by atoms with Gasteiger partial charge < -0.3 is 5.32 Å². The zero-order chi connectivity index (χ0) is 20.4. The van der Waals surface area contributed by atoms with E-state index in [-0.39, 0.29) is 24.0 Å². The number of amides is 2. The van der Waals surface area contributed by atoms with Gasteiger partial charge in [0.1, 0.15) is 5.78 Å². The molecule has 0 aliphatic heterocycles. The molecule has 0 bridgehead atoms. The fourth-order valence-corrected chi connectivity index (χ4v) is 4.90. The molecule has 0 saturated heterocycles. The molecule has 1 aromatic rings. The van der Waals surface area contributed by atoms with Crippen LogP contribution in [0.5, 0.6) is 0 Å². The van der Waals surface area contributed by atoms with E-state index in [4.69, 9.17) is 11.6 Å². The SMILES string of the molecule is CC(C)c1cc(Cl)cc(C(C)C)c1NC(=O)NS(=O)(=O)C1CCCC(=O)C1. The molecule has 8 heteroatoms. The molecule has 2 N–H and O–H groups in total. The van der Waals surface area contributed by atoms with Crippen molar-refractivity contribution in [2.75, 3.05) is 5.32 Å². The standard InChI is InChI=1S/C19H27ClN2O4S/c1-11(2)16-8-13(20)9-17(12(3)4)18(16)21-19(24)22-27(25,26)15-7-5-6-14(23)10-15/h8-9,11-12,15H,5-7,10H2,1-4H3,(H2,21,22,24). The number of hydrogen-bond donors (Lipinski definition) is 2. The van der Waals surface area contributed by atoms with Gasteiger partial charge in [-0.25, -0.2) is 17.9 Å². The highest BCUT2D eigenvalue weighted by Gasteiger charge is 2.32. The van der Waals surface area contributed by atoms with Gasteiger partial charge in [-0.3, -0.25) is 4.79 Å². The number of benzene rings is 1.